The van der Waals surface area contributed by atoms with Gasteiger partial charge in [0, 0.05) is 0 Å². The molecular formula is C7H9ClF6. The third-order valence-corrected chi connectivity index (χ3v) is 2.81. The molecule has 0 aliphatic rings. The standard InChI is InChI=1S/C7H9ClF6/c1-4(2,3)5(8,6(9,10)11)7(12,13)14/h1-3H3. The van der Waals surface area contributed by atoms with Crippen LogP contribution in [0.5, 0.6) is 0 Å². The molecule has 0 saturated heterocycles. The van der Waals surface area contributed by atoms with Crippen LogP contribution in [0.1, 0.15) is 20.8 Å². The summed E-state index contributed by atoms with van der Waals surface area (Å²) >= 11 is 4.72. The maximum atomic E-state index is 12.2. The summed E-state index contributed by atoms with van der Waals surface area (Å²) in [6.07, 6.45) is -11.1. The van der Waals surface area contributed by atoms with E-state index in [1.165, 1.54) is 0 Å². The van der Waals surface area contributed by atoms with Gasteiger partial charge in [0.2, 0.25) is 4.87 Å². The molecule has 0 amide bonds. The molecule has 0 N–H and O–H groups in total. The predicted octanol–water partition coefficient (Wildman–Crippen LogP) is 4.13. The van der Waals surface area contributed by atoms with Crippen LogP contribution < -0.4 is 0 Å². The van der Waals surface area contributed by atoms with Gasteiger partial charge in [-0.05, 0) is 5.41 Å². The molecule has 0 saturated carbocycles. The Bertz CT molecular complexity index is 172. The zero-order chi connectivity index (χ0) is 12.0. The molecule has 0 aliphatic carbocycles. The number of hydrogen-bond donors (Lipinski definition) is 0. The molecule has 7 heteroatoms. The van der Waals surface area contributed by atoms with Crippen molar-refractivity contribution >= 4 is 11.6 Å². The van der Waals surface area contributed by atoms with Gasteiger partial charge in [0.25, 0.3) is 0 Å². The second kappa shape index (κ2) is 3.18. The van der Waals surface area contributed by atoms with Gasteiger partial charge >= 0.3 is 12.4 Å². The summed E-state index contributed by atoms with van der Waals surface area (Å²) in [6, 6.07) is 0. The zero-order valence-corrected chi connectivity index (χ0v) is 8.40. The van der Waals surface area contributed by atoms with Crippen LogP contribution >= 0.6 is 11.6 Å². The fourth-order valence-electron chi connectivity index (χ4n) is 1.01. The first-order valence-corrected chi connectivity index (χ1v) is 3.95. The molecule has 0 nitrogen and oxygen atoms in total. The molecule has 86 valence electrons. The lowest BCUT2D eigenvalue weighted by atomic mass is 9.79. The summed E-state index contributed by atoms with van der Waals surface area (Å²) in [5.74, 6) is 0. The Labute approximate surface area is 82.2 Å². The number of hydrogen-bond acceptors (Lipinski definition) is 0. The minimum absolute atomic E-state index is 0.793. The zero-order valence-electron chi connectivity index (χ0n) is 7.65. The van der Waals surface area contributed by atoms with Crippen LogP contribution in [0.2, 0.25) is 0 Å². The first-order chi connectivity index (χ1) is 5.75. The van der Waals surface area contributed by atoms with Crippen molar-refractivity contribution in [3.05, 3.63) is 0 Å². The van der Waals surface area contributed by atoms with Crippen molar-refractivity contribution in [1.82, 2.24) is 0 Å². The summed E-state index contributed by atoms with van der Waals surface area (Å²) in [4.78, 5) is -4.22. The Kier molecular flexibility index (Phi) is 3.15. The van der Waals surface area contributed by atoms with E-state index in [0.717, 1.165) is 20.8 Å². The Hall–Kier alpha value is -0.130. The van der Waals surface area contributed by atoms with E-state index >= 15 is 0 Å². The van der Waals surface area contributed by atoms with E-state index in [-0.39, 0.29) is 0 Å². The summed E-state index contributed by atoms with van der Waals surface area (Å²) in [5.41, 5.74) is -2.16. The van der Waals surface area contributed by atoms with Crippen molar-refractivity contribution < 1.29 is 26.3 Å². The van der Waals surface area contributed by atoms with Crippen molar-refractivity contribution in [2.75, 3.05) is 0 Å². The minimum atomic E-state index is -5.54. The molecule has 0 aliphatic heterocycles. The lowest BCUT2D eigenvalue weighted by Gasteiger charge is -2.41. The molecule has 0 aromatic heterocycles. The Morgan fingerprint density at radius 1 is 0.714 bits per heavy atom. The maximum Gasteiger partial charge on any atom is 0.417 e. The highest BCUT2D eigenvalue weighted by atomic mass is 35.5. The van der Waals surface area contributed by atoms with Crippen molar-refractivity contribution in [2.45, 2.75) is 38.0 Å². The molecule has 0 unspecified atom stereocenters. The Balaban J connectivity index is 5.54. The van der Waals surface area contributed by atoms with Crippen LogP contribution in [0.4, 0.5) is 26.3 Å². The van der Waals surface area contributed by atoms with Crippen molar-refractivity contribution in [1.29, 1.82) is 0 Å². The van der Waals surface area contributed by atoms with Gasteiger partial charge in [0.05, 0.1) is 0 Å². The molecule has 0 fully saturated rings. The van der Waals surface area contributed by atoms with Crippen LogP contribution in [0.25, 0.3) is 0 Å². The topological polar surface area (TPSA) is 0 Å². The normalized spacial score (nSPS) is 15.9. The van der Waals surface area contributed by atoms with Crippen LogP contribution in [-0.2, 0) is 0 Å². The van der Waals surface area contributed by atoms with Gasteiger partial charge in [-0.25, -0.2) is 0 Å². The lowest BCUT2D eigenvalue weighted by molar-refractivity contribution is -0.291. The van der Waals surface area contributed by atoms with Gasteiger partial charge in [-0.1, -0.05) is 32.4 Å². The summed E-state index contributed by atoms with van der Waals surface area (Å²) in [7, 11) is 0. The van der Waals surface area contributed by atoms with Crippen LogP contribution in [0.3, 0.4) is 0 Å². The SMILES string of the molecule is CC(C)(C)C(Cl)(C(F)(F)F)C(F)(F)F. The van der Waals surface area contributed by atoms with Gasteiger partial charge in [0.1, 0.15) is 0 Å². The second-order valence-corrected chi connectivity index (χ2v) is 4.47. The first kappa shape index (κ1) is 13.9. The first-order valence-electron chi connectivity index (χ1n) is 3.57. The van der Waals surface area contributed by atoms with Crippen molar-refractivity contribution in [3.8, 4) is 0 Å². The largest absolute Gasteiger partial charge is 0.417 e. The highest BCUT2D eigenvalue weighted by Gasteiger charge is 2.75. The number of alkyl halides is 7. The lowest BCUT2D eigenvalue weighted by Crippen LogP contribution is -2.60. The molecule has 14 heavy (non-hydrogen) atoms. The van der Waals surface area contributed by atoms with Gasteiger partial charge in [0.15, 0.2) is 0 Å². The fraction of sp³-hybridized carbons (Fsp3) is 1.00. The third kappa shape index (κ3) is 1.94. The van der Waals surface area contributed by atoms with E-state index in [0.29, 0.717) is 0 Å². The molecule has 0 rings (SSSR count). The third-order valence-electron chi connectivity index (χ3n) is 1.81. The minimum Gasteiger partial charge on any atom is -0.169 e. The number of rotatable bonds is 0. The van der Waals surface area contributed by atoms with Crippen LogP contribution in [0, 0.1) is 5.41 Å². The van der Waals surface area contributed by atoms with E-state index in [1.54, 1.807) is 0 Å². The highest BCUT2D eigenvalue weighted by Crippen LogP contribution is 2.57. The molecular weight excluding hydrogens is 234 g/mol. The Morgan fingerprint density at radius 2 is 0.929 bits per heavy atom. The molecule has 0 aromatic carbocycles. The monoisotopic (exact) mass is 242 g/mol. The molecule has 0 aromatic rings. The van der Waals surface area contributed by atoms with E-state index < -0.39 is 22.6 Å². The van der Waals surface area contributed by atoms with Gasteiger partial charge < -0.3 is 0 Å². The van der Waals surface area contributed by atoms with Crippen LogP contribution in [-0.4, -0.2) is 17.2 Å². The molecule has 0 atom stereocenters. The smallest absolute Gasteiger partial charge is 0.169 e. The average molecular weight is 243 g/mol. The maximum absolute atomic E-state index is 12.2. The fourth-order valence-corrected chi connectivity index (χ4v) is 1.01. The number of halogens is 7. The van der Waals surface area contributed by atoms with E-state index in [9.17, 15) is 26.3 Å². The Morgan fingerprint density at radius 3 is 0.929 bits per heavy atom. The van der Waals surface area contributed by atoms with Crippen molar-refractivity contribution in [2.24, 2.45) is 5.41 Å². The van der Waals surface area contributed by atoms with E-state index in [4.69, 9.17) is 11.6 Å². The molecule has 0 heterocycles. The van der Waals surface area contributed by atoms with Gasteiger partial charge in [-0.15, -0.1) is 0 Å². The van der Waals surface area contributed by atoms with Crippen molar-refractivity contribution in [3.63, 3.8) is 0 Å². The molecule has 0 spiro atoms. The highest BCUT2D eigenvalue weighted by molar-refractivity contribution is 6.25. The van der Waals surface area contributed by atoms with E-state index in [1.807, 2.05) is 0 Å². The van der Waals surface area contributed by atoms with E-state index in [2.05, 4.69) is 0 Å². The summed E-state index contributed by atoms with van der Waals surface area (Å²) in [6.45, 7) is 2.38. The van der Waals surface area contributed by atoms with Gasteiger partial charge in [-0.3, -0.25) is 0 Å². The summed E-state index contributed by atoms with van der Waals surface area (Å²) < 4.78 is 73.5. The van der Waals surface area contributed by atoms with Gasteiger partial charge in [-0.2, -0.15) is 26.3 Å². The molecule has 0 radical (unpaired) electrons. The molecule has 0 bridgehead atoms. The average Bonchev–Trinajstić information content (AvgIpc) is 1.77. The summed E-state index contributed by atoms with van der Waals surface area (Å²) in [5, 5.41) is 0. The predicted molar refractivity (Wildman–Crippen MR) is 40.1 cm³/mol. The van der Waals surface area contributed by atoms with Crippen LogP contribution in [0.15, 0.2) is 0 Å². The quantitative estimate of drug-likeness (QED) is 0.442. The second-order valence-electron chi connectivity index (χ2n) is 3.90.